The Labute approximate surface area is 220 Å². The van der Waals surface area contributed by atoms with Gasteiger partial charge < -0.3 is 14.5 Å². The highest BCUT2D eigenvalue weighted by molar-refractivity contribution is 6.30. The number of hydrogen-bond acceptors (Lipinski definition) is 3. The minimum absolute atomic E-state index is 0.203. The topological polar surface area (TPSA) is 32.8 Å². The van der Waals surface area contributed by atoms with Crippen LogP contribution in [0.2, 0.25) is 5.02 Å². The van der Waals surface area contributed by atoms with E-state index >= 15 is 0 Å². The van der Waals surface area contributed by atoms with Crippen molar-refractivity contribution in [1.29, 1.82) is 0 Å². The molecule has 0 N–H and O–H groups in total. The van der Waals surface area contributed by atoms with Crippen LogP contribution in [0, 0.1) is 5.92 Å². The molecule has 0 spiro atoms. The fraction of sp³-hybridized carbons (Fsp3) is 0.387. The molecule has 4 rings (SSSR count). The van der Waals surface area contributed by atoms with Crippen molar-refractivity contribution < 1.29 is 9.53 Å². The summed E-state index contributed by atoms with van der Waals surface area (Å²) in [5, 5.41) is 0.715. The van der Waals surface area contributed by atoms with Gasteiger partial charge in [0.05, 0.1) is 0 Å². The van der Waals surface area contributed by atoms with E-state index in [0.717, 1.165) is 17.9 Å². The fourth-order valence-corrected chi connectivity index (χ4v) is 5.01. The zero-order valence-corrected chi connectivity index (χ0v) is 22.7. The Balaban J connectivity index is 1.69. The highest BCUT2D eigenvalue weighted by Crippen LogP contribution is 2.38. The van der Waals surface area contributed by atoms with Crippen LogP contribution in [0.4, 0.5) is 16.2 Å². The van der Waals surface area contributed by atoms with E-state index < -0.39 is 5.60 Å². The van der Waals surface area contributed by atoms with Crippen LogP contribution in [0.25, 0.3) is 0 Å². The number of nitrogens with zero attached hydrogens (tertiary/aromatic N) is 2. The molecule has 3 aromatic rings. The molecular weight excluding hydrogens is 468 g/mol. The average molecular weight is 505 g/mol. The molecule has 1 saturated heterocycles. The highest BCUT2D eigenvalue weighted by atomic mass is 35.5. The SMILES string of the molecule is CC(C)c1cccc([C@@H]2CN(C(=O)OC(C)(C)C)C[C@H]2CN(c2ccccc2)c2ccc(Cl)cc2)c1. The molecule has 1 amide bonds. The third-order valence-electron chi connectivity index (χ3n) is 6.72. The molecular formula is C31H37ClN2O2. The first-order valence-electron chi connectivity index (χ1n) is 12.8. The largest absolute Gasteiger partial charge is 0.444 e. The van der Waals surface area contributed by atoms with Crippen molar-refractivity contribution in [2.75, 3.05) is 24.5 Å². The molecule has 0 unspecified atom stereocenters. The smallest absolute Gasteiger partial charge is 0.410 e. The summed E-state index contributed by atoms with van der Waals surface area (Å²) in [5.41, 5.74) is 4.27. The number of anilines is 2. The minimum atomic E-state index is -0.526. The lowest BCUT2D eigenvalue weighted by Gasteiger charge is -2.30. The molecule has 0 aromatic heterocycles. The van der Waals surface area contributed by atoms with Gasteiger partial charge in [-0.05, 0) is 74.2 Å². The van der Waals surface area contributed by atoms with E-state index in [1.165, 1.54) is 11.1 Å². The van der Waals surface area contributed by atoms with E-state index in [2.05, 4.69) is 79.4 Å². The molecule has 36 heavy (non-hydrogen) atoms. The summed E-state index contributed by atoms with van der Waals surface area (Å²) >= 11 is 6.21. The number of carbonyl (C=O) groups is 1. The van der Waals surface area contributed by atoms with Crippen molar-refractivity contribution in [2.24, 2.45) is 5.92 Å². The maximum absolute atomic E-state index is 13.1. The first-order valence-corrected chi connectivity index (χ1v) is 13.1. The van der Waals surface area contributed by atoms with Crippen LogP contribution >= 0.6 is 11.6 Å². The predicted octanol–water partition coefficient (Wildman–Crippen LogP) is 8.25. The number of benzene rings is 3. The van der Waals surface area contributed by atoms with Gasteiger partial charge >= 0.3 is 6.09 Å². The zero-order valence-electron chi connectivity index (χ0n) is 21.9. The Morgan fingerprint density at radius 2 is 1.64 bits per heavy atom. The summed E-state index contributed by atoms with van der Waals surface area (Å²) in [7, 11) is 0. The molecule has 0 aliphatic carbocycles. The normalized spacial score (nSPS) is 17.9. The van der Waals surface area contributed by atoms with Gasteiger partial charge in [-0.25, -0.2) is 4.79 Å². The van der Waals surface area contributed by atoms with Gasteiger partial charge in [0.2, 0.25) is 0 Å². The quantitative estimate of drug-likeness (QED) is 0.338. The van der Waals surface area contributed by atoms with E-state index in [1.54, 1.807) is 0 Å². The number of likely N-dealkylation sites (tertiary alicyclic amines) is 1. The van der Waals surface area contributed by atoms with Crippen LogP contribution in [0.3, 0.4) is 0 Å². The Hall–Kier alpha value is -2.98. The van der Waals surface area contributed by atoms with Crippen LogP contribution in [-0.4, -0.2) is 36.2 Å². The minimum Gasteiger partial charge on any atom is -0.444 e. The molecule has 2 atom stereocenters. The van der Waals surface area contributed by atoms with Crippen molar-refractivity contribution >= 4 is 29.1 Å². The second kappa shape index (κ2) is 11.0. The number of amides is 1. The summed E-state index contributed by atoms with van der Waals surface area (Å²) in [6.45, 7) is 12.2. The Bertz CT molecular complexity index is 1160. The standard InChI is InChI=1S/C31H37ClN2O2/c1-22(2)23-10-9-11-24(18-23)29-21-33(30(35)36-31(3,4)5)19-25(29)20-34(27-12-7-6-8-13-27)28-16-14-26(32)15-17-28/h6-18,22,25,29H,19-21H2,1-5H3/t25-,29-/m0/s1. The van der Waals surface area contributed by atoms with Crippen molar-refractivity contribution in [2.45, 2.75) is 52.1 Å². The number of para-hydroxylation sites is 1. The van der Waals surface area contributed by atoms with Crippen molar-refractivity contribution in [3.05, 3.63) is 95.0 Å². The van der Waals surface area contributed by atoms with Gasteiger partial charge in [-0.2, -0.15) is 0 Å². The molecule has 1 fully saturated rings. The summed E-state index contributed by atoms with van der Waals surface area (Å²) in [6, 6.07) is 27.2. The zero-order chi connectivity index (χ0) is 25.9. The fourth-order valence-electron chi connectivity index (χ4n) is 4.88. The predicted molar refractivity (Wildman–Crippen MR) is 149 cm³/mol. The molecule has 1 aliphatic rings. The van der Waals surface area contributed by atoms with Gasteiger partial charge in [-0.3, -0.25) is 0 Å². The van der Waals surface area contributed by atoms with Gasteiger partial charge in [-0.15, -0.1) is 0 Å². The van der Waals surface area contributed by atoms with Crippen LogP contribution in [0.1, 0.15) is 57.6 Å². The van der Waals surface area contributed by atoms with E-state index in [1.807, 2.05) is 43.9 Å². The van der Waals surface area contributed by atoms with Crippen molar-refractivity contribution in [3.63, 3.8) is 0 Å². The molecule has 5 heteroatoms. The number of rotatable bonds is 6. The molecule has 4 nitrogen and oxygen atoms in total. The number of carbonyl (C=O) groups excluding carboxylic acids is 1. The maximum atomic E-state index is 13.1. The van der Waals surface area contributed by atoms with Gasteiger partial charge in [0.25, 0.3) is 0 Å². The Kier molecular flexibility index (Phi) is 7.94. The van der Waals surface area contributed by atoms with Gasteiger partial charge in [0.15, 0.2) is 0 Å². The van der Waals surface area contributed by atoms with Crippen LogP contribution in [0.5, 0.6) is 0 Å². The van der Waals surface area contributed by atoms with Crippen molar-refractivity contribution in [1.82, 2.24) is 4.90 Å². The summed E-state index contributed by atoms with van der Waals surface area (Å²) in [5.74, 6) is 0.868. The monoisotopic (exact) mass is 504 g/mol. The lowest BCUT2D eigenvalue weighted by molar-refractivity contribution is 0.0287. The maximum Gasteiger partial charge on any atom is 0.410 e. The third-order valence-corrected chi connectivity index (χ3v) is 6.97. The molecule has 0 radical (unpaired) electrons. The molecule has 190 valence electrons. The van der Waals surface area contributed by atoms with Gasteiger partial charge in [-0.1, -0.05) is 67.9 Å². The van der Waals surface area contributed by atoms with Gasteiger partial charge in [0, 0.05) is 47.9 Å². The van der Waals surface area contributed by atoms with E-state index in [4.69, 9.17) is 16.3 Å². The number of ether oxygens (including phenoxy) is 1. The van der Waals surface area contributed by atoms with Crippen molar-refractivity contribution in [3.8, 4) is 0 Å². The van der Waals surface area contributed by atoms with Crippen LogP contribution < -0.4 is 4.90 Å². The summed E-state index contributed by atoms with van der Waals surface area (Å²) in [6.07, 6.45) is -0.243. The van der Waals surface area contributed by atoms with Gasteiger partial charge in [0.1, 0.15) is 5.60 Å². The van der Waals surface area contributed by atoms with Crippen LogP contribution in [-0.2, 0) is 4.74 Å². The lowest BCUT2D eigenvalue weighted by Crippen LogP contribution is -2.36. The molecule has 0 bridgehead atoms. The molecule has 3 aromatic carbocycles. The first-order chi connectivity index (χ1) is 17.1. The average Bonchev–Trinajstić information content (AvgIpc) is 3.27. The Morgan fingerprint density at radius 3 is 2.28 bits per heavy atom. The van der Waals surface area contributed by atoms with E-state index in [0.29, 0.717) is 24.0 Å². The Morgan fingerprint density at radius 1 is 0.972 bits per heavy atom. The first kappa shape index (κ1) is 26.1. The third kappa shape index (κ3) is 6.41. The lowest BCUT2D eigenvalue weighted by atomic mass is 9.86. The molecule has 0 saturated carbocycles. The molecule has 1 heterocycles. The summed E-state index contributed by atoms with van der Waals surface area (Å²) in [4.78, 5) is 17.3. The second-order valence-electron chi connectivity index (χ2n) is 11.0. The number of halogens is 1. The van der Waals surface area contributed by atoms with E-state index in [-0.39, 0.29) is 17.9 Å². The molecule has 1 aliphatic heterocycles. The second-order valence-corrected chi connectivity index (χ2v) is 11.4. The summed E-state index contributed by atoms with van der Waals surface area (Å²) < 4.78 is 5.76. The number of hydrogen-bond donors (Lipinski definition) is 0. The highest BCUT2D eigenvalue weighted by Gasteiger charge is 2.39. The van der Waals surface area contributed by atoms with Crippen LogP contribution in [0.15, 0.2) is 78.9 Å². The van der Waals surface area contributed by atoms with E-state index in [9.17, 15) is 4.79 Å².